The van der Waals surface area contributed by atoms with Gasteiger partial charge in [-0.05, 0) is 54.4 Å². The second-order valence-electron chi connectivity index (χ2n) is 10.0. The summed E-state index contributed by atoms with van der Waals surface area (Å²) < 4.78 is 5.67. The maximum atomic E-state index is 13.0. The van der Waals surface area contributed by atoms with Crippen LogP contribution in [0.15, 0.2) is 48.5 Å². The number of aliphatic carboxylic acids is 1. The minimum Gasteiger partial charge on any atom is -0.481 e. The van der Waals surface area contributed by atoms with E-state index in [9.17, 15) is 19.5 Å². The number of rotatable bonds is 6. The zero-order chi connectivity index (χ0) is 24.4. The molecule has 7 nitrogen and oxygen atoms in total. The molecule has 0 aromatic heterocycles. The molecule has 5 rings (SSSR count). The number of benzene rings is 2. The molecule has 2 amide bonds. The normalized spacial score (nSPS) is 25.4. The van der Waals surface area contributed by atoms with E-state index >= 15 is 0 Å². The van der Waals surface area contributed by atoms with E-state index in [1.807, 2.05) is 24.3 Å². The second kappa shape index (κ2) is 10.1. The maximum Gasteiger partial charge on any atom is 0.407 e. The van der Waals surface area contributed by atoms with Crippen molar-refractivity contribution in [2.45, 2.75) is 62.9 Å². The molecule has 184 valence electrons. The van der Waals surface area contributed by atoms with Gasteiger partial charge in [0.05, 0.1) is 11.8 Å². The Labute approximate surface area is 205 Å². The van der Waals surface area contributed by atoms with Crippen LogP contribution in [0.5, 0.6) is 0 Å². The average molecular weight is 477 g/mol. The molecule has 2 fully saturated rings. The summed E-state index contributed by atoms with van der Waals surface area (Å²) in [6, 6.07) is 16.0. The fourth-order valence-corrected chi connectivity index (χ4v) is 6.09. The first kappa shape index (κ1) is 23.4. The summed E-state index contributed by atoms with van der Waals surface area (Å²) in [5, 5.41) is 15.3. The molecule has 0 saturated heterocycles. The standard InChI is InChI=1S/C28H32N2O5/c31-26(29-18-8-5-7-17(15-18)27(32)33)23-13-6-14-25(23)30-28(34)35-16-24-21-11-3-1-9-19(21)20-10-2-4-12-22(20)24/h1-4,9-12,17-18,23-25H,5-8,13-16H2,(H,29,31)(H,30,34)(H,32,33)/t17-,18+,23?,25?/m1/s1. The number of carbonyl (C=O) groups is 3. The molecule has 7 heteroatoms. The van der Waals surface area contributed by atoms with Crippen LogP contribution in [0, 0.1) is 11.8 Å². The molecule has 0 heterocycles. The Morgan fingerprint density at radius 2 is 1.51 bits per heavy atom. The van der Waals surface area contributed by atoms with Crippen molar-refractivity contribution in [3.8, 4) is 11.1 Å². The van der Waals surface area contributed by atoms with Gasteiger partial charge in [0.25, 0.3) is 0 Å². The first-order valence-electron chi connectivity index (χ1n) is 12.7. The summed E-state index contributed by atoms with van der Waals surface area (Å²) in [7, 11) is 0. The lowest BCUT2D eigenvalue weighted by molar-refractivity contribution is -0.143. The first-order chi connectivity index (χ1) is 17.0. The van der Waals surface area contributed by atoms with Crippen LogP contribution in [0.1, 0.15) is 62.0 Å². The van der Waals surface area contributed by atoms with Gasteiger partial charge < -0.3 is 20.5 Å². The molecular formula is C28H32N2O5. The molecule has 2 aromatic carbocycles. The highest BCUT2D eigenvalue weighted by Gasteiger charge is 2.37. The lowest BCUT2D eigenvalue weighted by Gasteiger charge is -2.29. The van der Waals surface area contributed by atoms with Crippen molar-refractivity contribution >= 4 is 18.0 Å². The number of amides is 2. The summed E-state index contributed by atoms with van der Waals surface area (Å²) in [4.78, 5) is 37.0. The molecule has 3 N–H and O–H groups in total. The molecule has 2 saturated carbocycles. The van der Waals surface area contributed by atoms with Gasteiger partial charge in [0.15, 0.2) is 0 Å². The minimum absolute atomic E-state index is 0.00990. The summed E-state index contributed by atoms with van der Waals surface area (Å²) in [5.74, 6) is -1.61. The number of hydrogen-bond donors (Lipinski definition) is 3. The summed E-state index contributed by atoms with van der Waals surface area (Å²) in [6.07, 6.45) is 4.52. The number of fused-ring (bicyclic) bond motifs is 3. The Bertz CT molecular complexity index is 1070. The van der Waals surface area contributed by atoms with Gasteiger partial charge in [-0.2, -0.15) is 0 Å². The molecule has 3 aliphatic rings. The van der Waals surface area contributed by atoms with Crippen LogP contribution in [-0.2, 0) is 14.3 Å². The molecule has 0 bridgehead atoms. The van der Waals surface area contributed by atoms with E-state index in [1.165, 1.54) is 11.1 Å². The lowest BCUT2D eigenvalue weighted by Crippen LogP contribution is -2.48. The third-order valence-corrected chi connectivity index (χ3v) is 7.87. The van der Waals surface area contributed by atoms with Crippen LogP contribution in [0.3, 0.4) is 0 Å². The fourth-order valence-electron chi connectivity index (χ4n) is 6.09. The van der Waals surface area contributed by atoms with Gasteiger partial charge in [0.1, 0.15) is 6.61 Å². The van der Waals surface area contributed by atoms with Crippen molar-refractivity contribution < 1.29 is 24.2 Å². The first-order valence-corrected chi connectivity index (χ1v) is 12.7. The zero-order valence-electron chi connectivity index (χ0n) is 19.7. The predicted octanol–water partition coefficient (Wildman–Crippen LogP) is 4.45. The molecular weight excluding hydrogens is 444 g/mol. The number of ether oxygens (including phenoxy) is 1. The van der Waals surface area contributed by atoms with E-state index in [4.69, 9.17) is 4.74 Å². The average Bonchev–Trinajstić information content (AvgIpc) is 3.45. The van der Waals surface area contributed by atoms with Crippen LogP contribution < -0.4 is 10.6 Å². The van der Waals surface area contributed by atoms with Gasteiger partial charge in [-0.25, -0.2) is 4.79 Å². The van der Waals surface area contributed by atoms with Crippen molar-refractivity contribution in [2.24, 2.45) is 11.8 Å². The lowest BCUT2D eigenvalue weighted by atomic mass is 9.85. The minimum atomic E-state index is -0.792. The van der Waals surface area contributed by atoms with Crippen molar-refractivity contribution in [3.05, 3.63) is 59.7 Å². The molecule has 35 heavy (non-hydrogen) atoms. The van der Waals surface area contributed by atoms with Crippen molar-refractivity contribution in [1.29, 1.82) is 0 Å². The highest BCUT2D eigenvalue weighted by molar-refractivity contribution is 5.81. The van der Waals surface area contributed by atoms with Gasteiger partial charge in [0, 0.05) is 18.0 Å². The highest BCUT2D eigenvalue weighted by Crippen LogP contribution is 2.44. The highest BCUT2D eigenvalue weighted by atomic mass is 16.5. The van der Waals surface area contributed by atoms with Crippen LogP contribution >= 0.6 is 0 Å². The predicted molar refractivity (Wildman–Crippen MR) is 131 cm³/mol. The molecule has 2 aromatic rings. The quantitative estimate of drug-likeness (QED) is 0.571. The third-order valence-electron chi connectivity index (χ3n) is 7.87. The van der Waals surface area contributed by atoms with Crippen molar-refractivity contribution in [2.75, 3.05) is 6.61 Å². The van der Waals surface area contributed by atoms with Crippen molar-refractivity contribution in [3.63, 3.8) is 0 Å². The van der Waals surface area contributed by atoms with Crippen LogP contribution in [0.2, 0.25) is 0 Å². The summed E-state index contributed by atoms with van der Waals surface area (Å²) >= 11 is 0. The summed E-state index contributed by atoms with van der Waals surface area (Å²) in [5.41, 5.74) is 4.67. The molecule has 0 spiro atoms. The third kappa shape index (κ3) is 4.90. The van der Waals surface area contributed by atoms with Crippen molar-refractivity contribution in [1.82, 2.24) is 10.6 Å². The van der Waals surface area contributed by atoms with E-state index in [0.29, 0.717) is 19.3 Å². The molecule has 4 atom stereocenters. The van der Waals surface area contributed by atoms with E-state index in [2.05, 4.69) is 34.9 Å². The van der Waals surface area contributed by atoms with Gasteiger partial charge in [-0.3, -0.25) is 9.59 Å². The number of hydrogen-bond acceptors (Lipinski definition) is 4. The molecule has 0 radical (unpaired) electrons. The van der Waals surface area contributed by atoms with E-state index in [0.717, 1.165) is 36.8 Å². The molecule has 2 unspecified atom stereocenters. The number of carboxylic acid groups (broad SMARTS) is 1. The van der Waals surface area contributed by atoms with E-state index in [1.54, 1.807) is 0 Å². The zero-order valence-corrected chi connectivity index (χ0v) is 19.7. The van der Waals surface area contributed by atoms with Crippen LogP contribution in [0.4, 0.5) is 4.79 Å². The smallest absolute Gasteiger partial charge is 0.407 e. The van der Waals surface area contributed by atoms with E-state index in [-0.39, 0.29) is 36.4 Å². The number of carboxylic acids is 1. The Kier molecular flexibility index (Phi) is 6.75. The van der Waals surface area contributed by atoms with Gasteiger partial charge in [-0.15, -0.1) is 0 Å². The second-order valence-corrected chi connectivity index (χ2v) is 10.0. The van der Waals surface area contributed by atoms with Crippen LogP contribution in [-0.4, -0.2) is 41.8 Å². The van der Waals surface area contributed by atoms with Gasteiger partial charge >= 0.3 is 12.1 Å². The Hall–Kier alpha value is -3.35. The Morgan fingerprint density at radius 1 is 0.857 bits per heavy atom. The Morgan fingerprint density at radius 3 is 2.20 bits per heavy atom. The molecule has 0 aliphatic heterocycles. The Balaban J connectivity index is 1.17. The number of nitrogens with one attached hydrogen (secondary N) is 2. The largest absolute Gasteiger partial charge is 0.481 e. The maximum absolute atomic E-state index is 13.0. The van der Waals surface area contributed by atoms with E-state index < -0.39 is 18.0 Å². The fraction of sp³-hybridized carbons (Fsp3) is 0.464. The summed E-state index contributed by atoms with van der Waals surface area (Å²) in [6.45, 7) is 0.238. The monoisotopic (exact) mass is 476 g/mol. The van der Waals surface area contributed by atoms with Gasteiger partial charge in [-0.1, -0.05) is 61.4 Å². The molecule has 3 aliphatic carbocycles. The van der Waals surface area contributed by atoms with Gasteiger partial charge in [0.2, 0.25) is 5.91 Å². The number of carbonyl (C=O) groups excluding carboxylic acids is 2. The topological polar surface area (TPSA) is 105 Å². The number of alkyl carbamates (subject to hydrolysis) is 1. The SMILES string of the molecule is O=C(NC1CCCC1C(=O)N[C@H]1CCC[C@@H](C(=O)O)C1)OCC1c2ccccc2-c2ccccc21. The van der Waals surface area contributed by atoms with Crippen LogP contribution in [0.25, 0.3) is 11.1 Å².